The van der Waals surface area contributed by atoms with E-state index in [1.165, 1.54) is 12.8 Å². The van der Waals surface area contributed by atoms with Gasteiger partial charge in [-0.05, 0) is 50.3 Å². The average molecular weight is 511 g/mol. The van der Waals surface area contributed by atoms with Gasteiger partial charge in [0, 0.05) is 25.8 Å². The summed E-state index contributed by atoms with van der Waals surface area (Å²) in [4.78, 5) is 26.3. The van der Waals surface area contributed by atoms with Crippen LogP contribution >= 0.6 is 11.3 Å². The minimum atomic E-state index is -0.0519. The SMILES string of the molecule is CC.CCCN(CCC[C@H](C)CC)c1ncc2c(=O)c(NCCCN)c3sc4ccccc4n3c2n1. The van der Waals surface area contributed by atoms with Crippen LogP contribution in [0, 0.1) is 5.92 Å². The van der Waals surface area contributed by atoms with Crippen molar-refractivity contribution in [2.24, 2.45) is 11.7 Å². The monoisotopic (exact) mass is 510 g/mol. The Balaban J connectivity index is 0.00000176. The second-order valence-electron chi connectivity index (χ2n) is 9.03. The number of fused-ring (bicyclic) bond motifs is 5. The first-order valence-corrected chi connectivity index (χ1v) is 14.3. The van der Waals surface area contributed by atoms with Gasteiger partial charge in [0.2, 0.25) is 11.4 Å². The van der Waals surface area contributed by atoms with Gasteiger partial charge >= 0.3 is 0 Å². The van der Waals surface area contributed by atoms with E-state index < -0.39 is 0 Å². The first-order chi connectivity index (χ1) is 17.6. The number of pyridine rings is 1. The summed E-state index contributed by atoms with van der Waals surface area (Å²) >= 11 is 1.61. The lowest BCUT2D eigenvalue weighted by molar-refractivity contribution is 0.491. The van der Waals surface area contributed by atoms with E-state index in [0.29, 0.717) is 35.8 Å². The molecule has 0 spiro atoms. The van der Waals surface area contributed by atoms with Crippen molar-refractivity contribution in [3.8, 4) is 0 Å². The number of anilines is 2. The minimum Gasteiger partial charge on any atom is -0.379 e. The fourth-order valence-electron chi connectivity index (χ4n) is 4.33. The van der Waals surface area contributed by atoms with Gasteiger partial charge in [0.1, 0.15) is 10.5 Å². The molecule has 1 atom stereocenters. The lowest BCUT2D eigenvalue weighted by atomic mass is 10.0. The number of benzene rings is 1. The van der Waals surface area contributed by atoms with Crippen molar-refractivity contribution < 1.29 is 0 Å². The lowest BCUT2D eigenvalue weighted by Crippen LogP contribution is -2.28. The van der Waals surface area contributed by atoms with Crippen LogP contribution in [0.1, 0.15) is 66.7 Å². The third-order valence-electron chi connectivity index (χ3n) is 6.45. The number of nitrogens with two attached hydrogens (primary N) is 1. The van der Waals surface area contributed by atoms with Crippen LogP contribution in [0.25, 0.3) is 26.1 Å². The van der Waals surface area contributed by atoms with Crippen LogP contribution in [0.2, 0.25) is 0 Å². The average Bonchev–Trinajstić information content (AvgIpc) is 3.30. The zero-order chi connectivity index (χ0) is 26.1. The Labute approximate surface area is 218 Å². The Kier molecular flexibility index (Phi) is 10.5. The molecule has 0 saturated carbocycles. The fourth-order valence-corrected chi connectivity index (χ4v) is 5.49. The van der Waals surface area contributed by atoms with Crippen LogP contribution in [0.3, 0.4) is 0 Å². The molecule has 3 heterocycles. The summed E-state index contributed by atoms with van der Waals surface area (Å²) in [5.41, 5.74) is 7.96. The maximum Gasteiger partial charge on any atom is 0.227 e. The van der Waals surface area contributed by atoms with Crippen LogP contribution in [0.15, 0.2) is 35.3 Å². The molecule has 0 bridgehead atoms. The molecule has 0 aliphatic rings. The van der Waals surface area contributed by atoms with Crippen LogP contribution in [-0.2, 0) is 0 Å². The van der Waals surface area contributed by atoms with Crippen molar-refractivity contribution in [2.45, 2.75) is 66.7 Å². The number of rotatable bonds is 12. The molecule has 36 heavy (non-hydrogen) atoms. The number of para-hydroxylation sites is 1. The standard InChI is InChI=1S/C26H36N6OS.C2H6/c1-4-15-31(16-8-10-18(3)5-2)26-29-17-19-23(33)22(28-14-9-13-27)25-32(24(19)30-26)20-11-6-7-12-21(20)34-25;1-2/h6-7,11-12,17-18,28H,4-5,8-10,13-16,27H2,1-3H3;1-2H3/t18-;/m1./s1. The van der Waals surface area contributed by atoms with Gasteiger partial charge in [0.25, 0.3) is 0 Å². The maximum absolute atomic E-state index is 13.5. The van der Waals surface area contributed by atoms with E-state index in [0.717, 1.165) is 53.3 Å². The van der Waals surface area contributed by atoms with Crippen LogP contribution in [0.4, 0.5) is 11.6 Å². The molecule has 4 rings (SSSR count). The predicted octanol–water partition coefficient (Wildman–Crippen LogP) is 6.29. The molecule has 3 aromatic heterocycles. The third kappa shape index (κ3) is 5.98. The molecule has 0 amide bonds. The Bertz CT molecular complexity index is 1310. The Hall–Kier alpha value is -2.71. The van der Waals surface area contributed by atoms with Crippen molar-refractivity contribution in [3.63, 3.8) is 0 Å². The van der Waals surface area contributed by atoms with Crippen molar-refractivity contribution >= 4 is 49.1 Å². The maximum atomic E-state index is 13.5. The van der Waals surface area contributed by atoms with Gasteiger partial charge in [-0.2, -0.15) is 4.98 Å². The summed E-state index contributed by atoms with van der Waals surface area (Å²) in [5.74, 6) is 1.42. The van der Waals surface area contributed by atoms with E-state index >= 15 is 0 Å². The fraction of sp³-hybridized carbons (Fsp3) is 0.536. The van der Waals surface area contributed by atoms with Crippen LogP contribution in [-0.4, -0.2) is 40.5 Å². The van der Waals surface area contributed by atoms with Crippen LogP contribution < -0.4 is 21.4 Å². The van der Waals surface area contributed by atoms with Gasteiger partial charge in [-0.15, -0.1) is 11.3 Å². The van der Waals surface area contributed by atoms with Gasteiger partial charge in [-0.1, -0.05) is 53.2 Å². The number of aromatic nitrogens is 3. The number of nitrogens with one attached hydrogen (secondary N) is 1. The molecule has 0 radical (unpaired) electrons. The normalized spacial score (nSPS) is 12.1. The number of hydrogen-bond acceptors (Lipinski definition) is 7. The second-order valence-corrected chi connectivity index (χ2v) is 10.1. The van der Waals surface area contributed by atoms with E-state index in [2.05, 4.69) is 52.5 Å². The number of nitrogens with zero attached hydrogens (tertiary/aromatic N) is 4. The molecule has 4 aromatic rings. The molecular weight excluding hydrogens is 468 g/mol. The van der Waals surface area contributed by atoms with E-state index in [9.17, 15) is 4.79 Å². The summed E-state index contributed by atoms with van der Waals surface area (Å²) in [6.07, 6.45) is 7.04. The quantitative estimate of drug-likeness (QED) is 0.218. The summed E-state index contributed by atoms with van der Waals surface area (Å²) < 4.78 is 3.24. The molecular formula is C28H42N6OS. The first kappa shape index (κ1) is 27.9. The Morgan fingerprint density at radius 1 is 1.17 bits per heavy atom. The zero-order valence-corrected chi connectivity index (χ0v) is 23.3. The highest BCUT2D eigenvalue weighted by Gasteiger charge is 2.19. The molecule has 1 aromatic carbocycles. The molecule has 0 fully saturated rings. The molecule has 0 aliphatic heterocycles. The summed E-state index contributed by atoms with van der Waals surface area (Å²) in [6, 6.07) is 8.23. The van der Waals surface area contributed by atoms with Gasteiger partial charge in [0.05, 0.1) is 15.6 Å². The molecule has 3 N–H and O–H groups in total. The van der Waals surface area contributed by atoms with E-state index in [1.807, 2.05) is 26.0 Å². The molecule has 7 nitrogen and oxygen atoms in total. The first-order valence-electron chi connectivity index (χ1n) is 13.5. The smallest absolute Gasteiger partial charge is 0.227 e. The molecule has 0 aliphatic carbocycles. The van der Waals surface area contributed by atoms with Crippen molar-refractivity contribution in [3.05, 3.63) is 40.7 Å². The lowest BCUT2D eigenvalue weighted by Gasteiger charge is -2.23. The predicted molar refractivity (Wildman–Crippen MR) is 157 cm³/mol. The summed E-state index contributed by atoms with van der Waals surface area (Å²) in [5, 5.41) is 3.88. The number of thiazole rings is 1. The number of hydrogen-bond donors (Lipinski definition) is 2. The molecule has 0 unspecified atom stereocenters. The molecule has 8 heteroatoms. The van der Waals surface area contributed by atoms with E-state index in [-0.39, 0.29) is 5.43 Å². The second kappa shape index (κ2) is 13.6. The van der Waals surface area contributed by atoms with Crippen molar-refractivity contribution in [1.29, 1.82) is 0 Å². The van der Waals surface area contributed by atoms with E-state index in [4.69, 9.17) is 10.7 Å². The molecule has 0 saturated heterocycles. The van der Waals surface area contributed by atoms with Gasteiger partial charge in [0.15, 0.2) is 5.65 Å². The van der Waals surface area contributed by atoms with Gasteiger partial charge in [-0.3, -0.25) is 9.20 Å². The van der Waals surface area contributed by atoms with Crippen molar-refractivity contribution in [2.75, 3.05) is 36.4 Å². The van der Waals surface area contributed by atoms with E-state index in [1.54, 1.807) is 17.5 Å². The molecule has 196 valence electrons. The highest BCUT2D eigenvalue weighted by atomic mass is 32.1. The topological polar surface area (TPSA) is 88.5 Å². The van der Waals surface area contributed by atoms with Gasteiger partial charge < -0.3 is 16.0 Å². The third-order valence-corrected chi connectivity index (χ3v) is 7.60. The Morgan fingerprint density at radius 2 is 1.94 bits per heavy atom. The summed E-state index contributed by atoms with van der Waals surface area (Å²) in [7, 11) is 0. The Morgan fingerprint density at radius 3 is 2.67 bits per heavy atom. The van der Waals surface area contributed by atoms with Crippen molar-refractivity contribution in [1.82, 2.24) is 14.4 Å². The largest absolute Gasteiger partial charge is 0.379 e. The summed E-state index contributed by atoms with van der Waals surface area (Å²) in [6.45, 7) is 13.8. The highest BCUT2D eigenvalue weighted by molar-refractivity contribution is 7.24. The highest BCUT2D eigenvalue weighted by Crippen LogP contribution is 2.33. The zero-order valence-electron chi connectivity index (χ0n) is 22.5. The van der Waals surface area contributed by atoms with Crippen LogP contribution in [0.5, 0.6) is 0 Å². The van der Waals surface area contributed by atoms with Gasteiger partial charge in [-0.25, -0.2) is 4.98 Å². The minimum absolute atomic E-state index is 0.0519.